The Morgan fingerprint density at radius 3 is 2.95 bits per heavy atom. The number of rotatable bonds is 5. The third-order valence-corrected chi connectivity index (χ3v) is 3.43. The number of anilines is 1. The van der Waals surface area contributed by atoms with Crippen LogP contribution in [0.1, 0.15) is 19.2 Å². The molecule has 1 aromatic carbocycles. The lowest BCUT2D eigenvalue weighted by atomic mass is 10.3. The molecule has 100 valence electrons. The molecule has 0 aliphatic rings. The van der Waals surface area contributed by atoms with Crippen LogP contribution in [0.5, 0.6) is 0 Å². The van der Waals surface area contributed by atoms with Crippen molar-refractivity contribution in [2.75, 3.05) is 5.32 Å². The summed E-state index contributed by atoms with van der Waals surface area (Å²) in [5.41, 5.74) is 0.782. The molecule has 2 aromatic rings. The van der Waals surface area contributed by atoms with Crippen molar-refractivity contribution in [2.24, 2.45) is 0 Å². The Morgan fingerprint density at radius 1 is 1.42 bits per heavy atom. The minimum Gasteiger partial charge on any atom is -0.326 e. The molecule has 19 heavy (non-hydrogen) atoms. The summed E-state index contributed by atoms with van der Waals surface area (Å²) < 4.78 is 2.76. The Balaban J connectivity index is 2.02. The summed E-state index contributed by atoms with van der Waals surface area (Å²) >= 11 is 3.41. The normalized spacial score (nSPS) is 10.4. The van der Waals surface area contributed by atoms with E-state index in [-0.39, 0.29) is 12.5 Å². The largest absolute Gasteiger partial charge is 0.326 e. The van der Waals surface area contributed by atoms with Gasteiger partial charge in [-0.1, -0.05) is 19.1 Å². The van der Waals surface area contributed by atoms with Crippen LogP contribution >= 0.6 is 15.9 Å². The molecule has 0 spiro atoms. The van der Waals surface area contributed by atoms with E-state index in [1.165, 1.54) is 0 Å². The lowest BCUT2D eigenvalue weighted by Gasteiger charge is -2.09. The molecule has 1 heterocycles. The van der Waals surface area contributed by atoms with Gasteiger partial charge in [0.2, 0.25) is 5.91 Å². The van der Waals surface area contributed by atoms with Gasteiger partial charge in [0.1, 0.15) is 12.4 Å². The number of aromatic nitrogens is 2. The Morgan fingerprint density at radius 2 is 2.21 bits per heavy atom. The molecule has 0 aliphatic carbocycles. The highest BCUT2D eigenvalue weighted by atomic mass is 79.9. The van der Waals surface area contributed by atoms with Crippen LogP contribution in [0.25, 0.3) is 0 Å². The molecule has 5 heteroatoms. The molecule has 0 fully saturated rings. The molecule has 2 rings (SSSR count). The smallest absolute Gasteiger partial charge is 0.244 e. The monoisotopic (exact) mass is 321 g/mol. The number of benzene rings is 1. The second-order valence-electron chi connectivity index (χ2n) is 4.25. The number of halogens is 1. The third-order valence-electron chi connectivity index (χ3n) is 2.74. The van der Waals surface area contributed by atoms with Crippen LogP contribution in [-0.2, 0) is 17.8 Å². The Hall–Kier alpha value is -1.62. The van der Waals surface area contributed by atoms with Gasteiger partial charge in [-0.15, -0.1) is 0 Å². The molecule has 0 radical (unpaired) electrons. The maximum absolute atomic E-state index is 12.0. The molecule has 1 aromatic heterocycles. The molecule has 0 atom stereocenters. The first-order chi connectivity index (χ1) is 9.20. The predicted octanol–water partition coefficient (Wildman–Crippen LogP) is 3.24. The van der Waals surface area contributed by atoms with Crippen molar-refractivity contribution < 1.29 is 4.79 Å². The fourth-order valence-corrected chi connectivity index (χ4v) is 2.23. The van der Waals surface area contributed by atoms with E-state index in [1.807, 2.05) is 35.0 Å². The summed E-state index contributed by atoms with van der Waals surface area (Å²) in [6.45, 7) is 2.39. The average molecular weight is 322 g/mol. The first-order valence-corrected chi connectivity index (χ1v) is 7.04. The molecule has 0 aliphatic heterocycles. The number of aryl methyl sites for hydroxylation is 1. The Kier molecular flexibility index (Phi) is 4.74. The molecule has 1 amide bonds. The average Bonchev–Trinajstić information content (AvgIpc) is 2.80. The van der Waals surface area contributed by atoms with E-state index in [9.17, 15) is 4.79 Å². The van der Waals surface area contributed by atoms with Gasteiger partial charge in [0.15, 0.2) is 0 Å². The minimum atomic E-state index is -0.0535. The number of carbonyl (C=O) groups is 1. The van der Waals surface area contributed by atoms with Crippen LogP contribution in [0, 0.1) is 0 Å². The van der Waals surface area contributed by atoms with Crippen LogP contribution < -0.4 is 5.32 Å². The van der Waals surface area contributed by atoms with Crippen molar-refractivity contribution >= 4 is 27.5 Å². The van der Waals surface area contributed by atoms with Crippen molar-refractivity contribution in [2.45, 2.75) is 26.3 Å². The summed E-state index contributed by atoms with van der Waals surface area (Å²) in [6, 6.07) is 7.56. The summed E-state index contributed by atoms with van der Waals surface area (Å²) in [7, 11) is 0. The maximum Gasteiger partial charge on any atom is 0.244 e. The van der Waals surface area contributed by atoms with E-state index in [2.05, 4.69) is 33.2 Å². The summed E-state index contributed by atoms with van der Waals surface area (Å²) in [5.74, 6) is 0.895. The quantitative estimate of drug-likeness (QED) is 0.919. The van der Waals surface area contributed by atoms with E-state index in [0.717, 1.165) is 28.8 Å². The number of hydrogen-bond acceptors (Lipinski definition) is 2. The first-order valence-electron chi connectivity index (χ1n) is 6.25. The van der Waals surface area contributed by atoms with Crippen molar-refractivity contribution in [3.05, 3.63) is 47.0 Å². The number of imidazole rings is 1. The second-order valence-corrected chi connectivity index (χ2v) is 5.10. The number of amides is 1. The molecular formula is C14H16BrN3O. The van der Waals surface area contributed by atoms with E-state index in [0.29, 0.717) is 0 Å². The van der Waals surface area contributed by atoms with Crippen LogP contribution in [-0.4, -0.2) is 15.5 Å². The maximum atomic E-state index is 12.0. The van der Waals surface area contributed by atoms with E-state index in [4.69, 9.17) is 0 Å². The van der Waals surface area contributed by atoms with Gasteiger partial charge in [-0.3, -0.25) is 4.79 Å². The molecule has 0 saturated heterocycles. The van der Waals surface area contributed by atoms with Gasteiger partial charge < -0.3 is 9.88 Å². The number of carbonyl (C=O) groups excluding carboxylic acids is 1. The standard InChI is InChI=1S/C14H16BrN3O/c1-2-5-13-16-8-9-18(13)10-14(19)17-12-7-4-3-6-11(12)15/h3-4,6-9H,2,5,10H2,1H3,(H,17,19). The number of nitrogens with one attached hydrogen (secondary N) is 1. The van der Waals surface area contributed by atoms with Crippen molar-refractivity contribution in [1.82, 2.24) is 9.55 Å². The van der Waals surface area contributed by atoms with E-state index >= 15 is 0 Å². The minimum absolute atomic E-state index is 0.0535. The zero-order valence-corrected chi connectivity index (χ0v) is 12.4. The lowest BCUT2D eigenvalue weighted by Crippen LogP contribution is -2.20. The van der Waals surface area contributed by atoms with Gasteiger partial charge in [-0.05, 0) is 34.5 Å². The van der Waals surface area contributed by atoms with Gasteiger partial charge in [-0.25, -0.2) is 4.98 Å². The van der Waals surface area contributed by atoms with Gasteiger partial charge >= 0.3 is 0 Å². The highest BCUT2D eigenvalue weighted by Gasteiger charge is 2.08. The number of nitrogens with zero attached hydrogens (tertiary/aromatic N) is 2. The van der Waals surface area contributed by atoms with Gasteiger partial charge in [0, 0.05) is 23.3 Å². The summed E-state index contributed by atoms with van der Waals surface area (Å²) in [6.07, 6.45) is 5.47. The third kappa shape index (κ3) is 3.67. The molecule has 4 nitrogen and oxygen atoms in total. The summed E-state index contributed by atoms with van der Waals surface area (Å²) in [4.78, 5) is 16.3. The fraction of sp³-hybridized carbons (Fsp3) is 0.286. The summed E-state index contributed by atoms with van der Waals surface area (Å²) in [5, 5.41) is 2.88. The van der Waals surface area contributed by atoms with Crippen LogP contribution in [0.2, 0.25) is 0 Å². The second kappa shape index (κ2) is 6.52. The van der Waals surface area contributed by atoms with Gasteiger partial charge in [0.05, 0.1) is 5.69 Å². The van der Waals surface area contributed by atoms with Crippen LogP contribution in [0.3, 0.4) is 0 Å². The van der Waals surface area contributed by atoms with E-state index < -0.39 is 0 Å². The molecule has 0 bridgehead atoms. The Bertz CT molecular complexity index is 565. The first kappa shape index (κ1) is 13.8. The zero-order valence-electron chi connectivity index (χ0n) is 10.8. The highest BCUT2D eigenvalue weighted by molar-refractivity contribution is 9.10. The molecule has 0 unspecified atom stereocenters. The lowest BCUT2D eigenvalue weighted by molar-refractivity contribution is -0.116. The van der Waals surface area contributed by atoms with Crippen molar-refractivity contribution in [1.29, 1.82) is 0 Å². The van der Waals surface area contributed by atoms with Crippen molar-refractivity contribution in [3.8, 4) is 0 Å². The molecule has 1 N–H and O–H groups in total. The highest BCUT2D eigenvalue weighted by Crippen LogP contribution is 2.21. The van der Waals surface area contributed by atoms with Crippen LogP contribution in [0.15, 0.2) is 41.1 Å². The predicted molar refractivity (Wildman–Crippen MR) is 79.0 cm³/mol. The molecule has 0 saturated carbocycles. The number of hydrogen-bond donors (Lipinski definition) is 1. The zero-order chi connectivity index (χ0) is 13.7. The number of para-hydroxylation sites is 1. The Labute approximate surface area is 121 Å². The topological polar surface area (TPSA) is 46.9 Å². The van der Waals surface area contributed by atoms with Gasteiger partial charge in [-0.2, -0.15) is 0 Å². The fourth-order valence-electron chi connectivity index (χ4n) is 1.84. The molecular weight excluding hydrogens is 306 g/mol. The van der Waals surface area contributed by atoms with Gasteiger partial charge in [0.25, 0.3) is 0 Å². The van der Waals surface area contributed by atoms with E-state index in [1.54, 1.807) is 6.20 Å². The SMILES string of the molecule is CCCc1nccn1CC(=O)Nc1ccccc1Br. The van der Waals surface area contributed by atoms with Crippen molar-refractivity contribution in [3.63, 3.8) is 0 Å². The van der Waals surface area contributed by atoms with Crippen LogP contribution in [0.4, 0.5) is 5.69 Å².